The summed E-state index contributed by atoms with van der Waals surface area (Å²) >= 11 is 5.93. The summed E-state index contributed by atoms with van der Waals surface area (Å²) in [6, 6.07) is 11.0. The zero-order valence-corrected chi connectivity index (χ0v) is 12.3. The van der Waals surface area contributed by atoms with E-state index in [-0.39, 0.29) is 17.0 Å². The molecular formula is C16H15ClF3NO. The molecule has 2 rings (SSSR count). The van der Waals surface area contributed by atoms with E-state index in [4.69, 9.17) is 17.3 Å². The van der Waals surface area contributed by atoms with Gasteiger partial charge in [-0.25, -0.2) is 0 Å². The fourth-order valence-electron chi connectivity index (χ4n) is 2.17. The molecule has 22 heavy (non-hydrogen) atoms. The summed E-state index contributed by atoms with van der Waals surface area (Å²) in [5, 5.41) is 10.3. The van der Waals surface area contributed by atoms with Gasteiger partial charge >= 0.3 is 6.18 Å². The Kier molecular flexibility index (Phi) is 5.11. The molecular weight excluding hydrogens is 315 g/mol. The van der Waals surface area contributed by atoms with Gasteiger partial charge in [0.15, 0.2) is 0 Å². The lowest BCUT2D eigenvalue weighted by molar-refractivity contribution is -0.137. The summed E-state index contributed by atoms with van der Waals surface area (Å²) in [7, 11) is 0. The van der Waals surface area contributed by atoms with Crippen molar-refractivity contribution < 1.29 is 18.3 Å². The first-order valence-corrected chi connectivity index (χ1v) is 7.01. The molecule has 2 aromatic rings. The first-order valence-electron chi connectivity index (χ1n) is 6.63. The molecule has 2 atom stereocenters. The SMILES string of the molecule is N[C@@H](c1cc(C(F)(F)F)ccc1Cl)[C@H](O)Cc1ccccc1. The van der Waals surface area contributed by atoms with Crippen molar-refractivity contribution in [3.63, 3.8) is 0 Å². The fraction of sp³-hybridized carbons (Fsp3) is 0.250. The number of halogens is 4. The minimum Gasteiger partial charge on any atom is -0.391 e. The van der Waals surface area contributed by atoms with Gasteiger partial charge < -0.3 is 10.8 Å². The van der Waals surface area contributed by atoms with Crippen molar-refractivity contribution in [1.82, 2.24) is 0 Å². The zero-order chi connectivity index (χ0) is 16.3. The molecule has 0 fully saturated rings. The molecule has 3 N–H and O–H groups in total. The highest BCUT2D eigenvalue weighted by atomic mass is 35.5. The van der Waals surface area contributed by atoms with E-state index in [1.54, 1.807) is 0 Å². The third-order valence-corrected chi connectivity index (χ3v) is 3.73. The molecule has 0 radical (unpaired) electrons. The number of alkyl halides is 3. The quantitative estimate of drug-likeness (QED) is 0.891. The minimum atomic E-state index is -4.48. The Morgan fingerprint density at radius 3 is 2.32 bits per heavy atom. The van der Waals surface area contributed by atoms with Crippen molar-refractivity contribution in [2.75, 3.05) is 0 Å². The zero-order valence-electron chi connectivity index (χ0n) is 11.5. The largest absolute Gasteiger partial charge is 0.416 e. The molecule has 0 bridgehead atoms. The lowest BCUT2D eigenvalue weighted by Crippen LogP contribution is -2.28. The smallest absolute Gasteiger partial charge is 0.391 e. The topological polar surface area (TPSA) is 46.2 Å². The lowest BCUT2D eigenvalue weighted by Gasteiger charge is -2.21. The van der Waals surface area contributed by atoms with Crippen LogP contribution in [0.4, 0.5) is 13.2 Å². The second-order valence-corrected chi connectivity index (χ2v) is 5.42. The summed E-state index contributed by atoms with van der Waals surface area (Å²) < 4.78 is 38.3. The Hall–Kier alpha value is -1.56. The maximum Gasteiger partial charge on any atom is 0.416 e. The summed E-state index contributed by atoms with van der Waals surface area (Å²) in [6.07, 6.45) is -5.29. The third kappa shape index (κ3) is 4.00. The molecule has 0 aliphatic rings. The fourth-order valence-corrected chi connectivity index (χ4v) is 2.41. The maximum absolute atomic E-state index is 12.8. The van der Waals surface area contributed by atoms with Gasteiger partial charge in [-0.3, -0.25) is 0 Å². The summed E-state index contributed by atoms with van der Waals surface area (Å²) in [4.78, 5) is 0. The van der Waals surface area contributed by atoms with Gasteiger partial charge in [-0.2, -0.15) is 13.2 Å². The number of hydrogen-bond acceptors (Lipinski definition) is 2. The normalized spacial score (nSPS) is 14.6. The molecule has 0 aromatic heterocycles. The van der Waals surface area contributed by atoms with Gasteiger partial charge in [0.05, 0.1) is 17.7 Å². The van der Waals surface area contributed by atoms with Crippen LogP contribution in [0.5, 0.6) is 0 Å². The van der Waals surface area contributed by atoms with E-state index in [2.05, 4.69) is 0 Å². The Bertz CT molecular complexity index is 631. The van der Waals surface area contributed by atoms with Gasteiger partial charge in [0.1, 0.15) is 0 Å². The molecule has 2 aromatic carbocycles. The Labute approximate surface area is 131 Å². The lowest BCUT2D eigenvalue weighted by atomic mass is 9.95. The Morgan fingerprint density at radius 1 is 1.09 bits per heavy atom. The number of rotatable bonds is 4. The van der Waals surface area contributed by atoms with Gasteiger partial charge in [-0.1, -0.05) is 41.9 Å². The first kappa shape index (κ1) is 16.8. The number of nitrogens with two attached hydrogens (primary N) is 1. The van der Waals surface area contributed by atoms with Crippen molar-refractivity contribution in [3.8, 4) is 0 Å². The van der Waals surface area contributed by atoms with Crippen molar-refractivity contribution in [2.45, 2.75) is 24.7 Å². The van der Waals surface area contributed by atoms with Crippen LogP contribution in [0.25, 0.3) is 0 Å². The molecule has 0 aliphatic heterocycles. The maximum atomic E-state index is 12.8. The molecule has 0 saturated heterocycles. The minimum absolute atomic E-state index is 0.0833. The molecule has 2 nitrogen and oxygen atoms in total. The van der Waals surface area contributed by atoms with E-state index in [9.17, 15) is 18.3 Å². The van der Waals surface area contributed by atoms with Crippen LogP contribution in [-0.2, 0) is 12.6 Å². The highest BCUT2D eigenvalue weighted by Crippen LogP contribution is 2.34. The van der Waals surface area contributed by atoms with Crippen LogP contribution in [0.15, 0.2) is 48.5 Å². The average Bonchev–Trinajstić information content (AvgIpc) is 2.46. The molecule has 0 amide bonds. The molecule has 0 heterocycles. The van der Waals surface area contributed by atoms with Crippen molar-refractivity contribution >= 4 is 11.6 Å². The van der Waals surface area contributed by atoms with E-state index in [0.29, 0.717) is 0 Å². The second-order valence-electron chi connectivity index (χ2n) is 5.02. The molecule has 118 valence electrons. The number of aliphatic hydroxyl groups is 1. The van der Waals surface area contributed by atoms with Gasteiger partial charge in [0, 0.05) is 11.4 Å². The van der Waals surface area contributed by atoms with Crippen LogP contribution in [0.1, 0.15) is 22.7 Å². The standard InChI is InChI=1S/C16H15ClF3NO/c17-13-7-6-11(16(18,19)20)9-12(13)15(21)14(22)8-10-4-2-1-3-5-10/h1-7,9,14-15,22H,8,21H2/t14-,15+/m1/s1. The monoisotopic (exact) mass is 329 g/mol. The second kappa shape index (κ2) is 6.69. The predicted octanol–water partition coefficient (Wildman–Crippen LogP) is 3.96. The van der Waals surface area contributed by atoms with E-state index in [1.807, 2.05) is 30.3 Å². The van der Waals surface area contributed by atoms with Crippen LogP contribution in [-0.4, -0.2) is 11.2 Å². The van der Waals surface area contributed by atoms with Gasteiger partial charge in [-0.15, -0.1) is 0 Å². The molecule has 0 aliphatic carbocycles. The Morgan fingerprint density at radius 2 is 1.73 bits per heavy atom. The van der Waals surface area contributed by atoms with Gasteiger partial charge in [0.2, 0.25) is 0 Å². The van der Waals surface area contributed by atoms with Crippen LogP contribution < -0.4 is 5.73 Å². The highest BCUT2D eigenvalue weighted by Gasteiger charge is 2.32. The summed E-state index contributed by atoms with van der Waals surface area (Å²) in [6.45, 7) is 0. The van der Waals surface area contributed by atoms with E-state index in [0.717, 1.165) is 23.8 Å². The highest BCUT2D eigenvalue weighted by molar-refractivity contribution is 6.31. The number of benzene rings is 2. The Balaban J connectivity index is 2.23. The number of aliphatic hydroxyl groups excluding tert-OH is 1. The van der Waals surface area contributed by atoms with Crippen LogP contribution in [0.3, 0.4) is 0 Å². The van der Waals surface area contributed by atoms with Gasteiger partial charge in [0.25, 0.3) is 0 Å². The average molecular weight is 330 g/mol. The molecule has 0 saturated carbocycles. The van der Waals surface area contributed by atoms with Crippen LogP contribution in [0, 0.1) is 0 Å². The van der Waals surface area contributed by atoms with E-state index in [1.165, 1.54) is 0 Å². The predicted molar refractivity (Wildman–Crippen MR) is 79.5 cm³/mol. The molecule has 0 spiro atoms. The summed E-state index contributed by atoms with van der Waals surface area (Å²) in [5.74, 6) is 0. The van der Waals surface area contributed by atoms with Crippen LogP contribution in [0.2, 0.25) is 5.02 Å². The van der Waals surface area contributed by atoms with Crippen molar-refractivity contribution in [1.29, 1.82) is 0 Å². The van der Waals surface area contributed by atoms with Crippen molar-refractivity contribution in [2.24, 2.45) is 5.73 Å². The molecule has 6 heteroatoms. The van der Waals surface area contributed by atoms with E-state index >= 15 is 0 Å². The van der Waals surface area contributed by atoms with E-state index < -0.39 is 23.9 Å². The van der Waals surface area contributed by atoms with Crippen molar-refractivity contribution in [3.05, 3.63) is 70.2 Å². The first-order chi connectivity index (χ1) is 10.3. The van der Waals surface area contributed by atoms with Gasteiger partial charge in [-0.05, 0) is 29.3 Å². The number of hydrogen-bond donors (Lipinski definition) is 2. The van der Waals surface area contributed by atoms with Crippen LogP contribution >= 0.6 is 11.6 Å². The third-order valence-electron chi connectivity index (χ3n) is 3.38. The summed E-state index contributed by atoms with van der Waals surface area (Å²) in [5.41, 5.74) is 5.98. The molecule has 0 unspecified atom stereocenters.